The quantitative estimate of drug-likeness (QED) is 0.699. The molecule has 4 nitrogen and oxygen atoms in total. The lowest BCUT2D eigenvalue weighted by atomic mass is 10.00. The zero-order valence-corrected chi connectivity index (χ0v) is 17.2. The van der Waals surface area contributed by atoms with Crippen LogP contribution in [0.25, 0.3) is 6.08 Å². The second-order valence-corrected chi connectivity index (χ2v) is 7.90. The van der Waals surface area contributed by atoms with Crippen molar-refractivity contribution in [3.63, 3.8) is 0 Å². The summed E-state index contributed by atoms with van der Waals surface area (Å²) in [6, 6.07) is 12.9. The smallest absolute Gasteiger partial charge is 0.270 e. The van der Waals surface area contributed by atoms with E-state index in [9.17, 15) is 14.0 Å². The van der Waals surface area contributed by atoms with E-state index in [1.54, 1.807) is 35.2 Å². The second-order valence-electron chi connectivity index (χ2n) is 7.05. The van der Waals surface area contributed by atoms with Crippen LogP contribution in [-0.2, 0) is 4.79 Å². The second kappa shape index (κ2) is 9.15. The van der Waals surface area contributed by atoms with Crippen molar-refractivity contribution in [2.24, 2.45) is 5.92 Å². The number of carbonyl (C=O) groups is 2. The van der Waals surface area contributed by atoms with Crippen LogP contribution >= 0.6 is 15.9 Å². The van der Waals surface area contributed by atoms with E-state index in [-0.39, 0.29) is 11.6 Å². The Kier molecular flexibility index (Phi) is 6.62. The van der Waals surface area contributed by atoms with Crippen LogP contribution in [0.3, 0.4) is 0 Å². The number of carbonyl (C=O) groups excluding carboxylic acids is 2. The van der Waals surface area contributed by atoms with Gasteiger partial charge in [-0.3, -0.25) is 9.59 Å². The zero-order chi connectivity index (χ0) is 20.1. The van der Waals surface area contributed by atoms with Crippen molar-refractivity contribution in [2.75, 3.05) is 13.1 Å². The normalized spacial score (nSPS) is 17.3. The third kappa shape index (κ3) is 5.07. The van der Waals surface area contributed by atoms with Gasteiger partial charge < -0.3 is 10.2 Å². The van der Waals surface area contributed by atoms with Crippen LogP contribution in [0.5, 0.6) is 0 Å². The van der Waals surface area contributed by atoms with E-state index in [0.29, 0.717) is 34.6 Å². The van der Waals surface area contributed by atoms with Gasteiger partial charge in [-0.1, -0.05) is 31.2 Å². The van der Waals surface area contributed by atoms with Crippen LogP contribution < -0.4 is 5.32 Å². The lowest BCUT2D eigenvalue weighted by Crippen LogP contribution is -2.43. The third-order valence-corrected chi connectivity index (χ3v) is 5.39. The maximum absolute atomic E-state index is 13.6. The predicted octanol–water partition coefficient (Wildman–Crippen LogP) is 4.62. The molecule has 1 N–H and O–H groups in total. The average molecular weight is 445 g/mol. The molecule has 2 aromatic rings. The summed E-state index contributed by atoms with van der Waals surface area (Å²) in [5.74, 6) is -0.638. The standard InChI is InChI=1S/C22H22BrFN2O2/c1-15-6-5-11-26(14-15)22(28)20(13-16-7-4-8-17(24)12-16)25-21(27)18-9-2-3-10-19(18)23/h2-4,7-10,12-13,15H,5-6,11,14H2,1H3,(H,25,27)/b20-13-. The molecule has 6 heteroatoms. The Balaban J connectivity index is 1.91. The molecule has 1 aliphatic heterocycles. The number of benzene rings is 2. The fourth-order valence-electron chi connectivity index (χ4n) is 3.29. The summed E-state index contributed by atoms with van der Waals surface area (Å²) in [5, 5.41) is 2.73. The molecule has 0 aliphatic carbocycles. The van der Waals surface area contributed by atoms with E-state index in [1.807, 2.05) is 6.07 Å². The van der Waals surface area contributed by atoms with Gasteiger partial charge in [0.25, 0.3) is 11.8 Å². The van der Waals surface area contributed by atoms with Gasteiger partial charge in [-0.25, -0.2) is 4.39 Å². The Morgan fingerprint density at radius 2 is 2.00 bits per heavy atom. The van der Waals surface area contributed by atoms with Crippen molar-refractivity contribution >= 4 is 33.8 Å². The highest BCUT2D eigenvalue weighted by Gasteiger charge is 2.25. The first-order valence-electron chi connectivity index (χ1n) is 9.26. The van der Waals surface area contributed by atoms with Gasteiger partial charge in [-0.15, -0.1) is 0 Å². The first-order chi connectivity index (χ1) is 13.4. The van der Waals surface area contributed by atoms with Crippen LogP contribution in [-0.4, -0.2) is 29.8 Å². The molecule has 3 rings (SSSR count). The maximum Gasteiger partial charge on any atom is 0.270 e. The third-order valence-electron chi connectivity index (χ3n) is 4.70. The fourth-order valence-corrected chi connectivity index (χ4v) is 3.76. The minimum atomic E-state index is -0.399. The van der Waals surface area contributed by atoms with E-state index in [2.05, 4.69) is 28.2 Å². The number of amides is 2. The monoisotopic (exact) mass is 444 g/mol. The summed E-state index contributed by atoms with van der Waals surface area (Å²) < 4.78 is 14.2. The molecule has 0 aromatic heterocycles. The number of hydrogen-bond acceptors (Lipinski definition) is 2. The lowest BCUT2D eigenvalue weighted by Gasteiger charge is -2.31. The molecule has 1 heterocycles. The molecule has 0 saturated carbocycles. The minimum absolute atomic E-state index is 0.139. The van der Waals surface area contributed by atoms with Gasteiger partial charge in [0.05, 0.1) is 5.56 Å². The Bertz CT molecular complexity index is 913. The Labute approximate surface area is 172 Å². The zero-order valence-electron chi connectivity index (χ0n) is 15.6. The molecular weight excluding hydrogens is 423 g/mol. The fraction of sp³-hybridized carbons (Fsp3) is 0.273. The van der Waals surface area contributed by atoms with Crippen LogP contribution in [0.2, 0.25) is 0 Å². The molecule has 0 spiro atoms. The van der Waals surface area contributed by atoms with E-state index in [4.69, 9.17) is 0 Å². The van der Waals surface area contributed by atoms with E-state index >= 15 is 0 Å². The summed E-state index contributed by atoms with van der Waals surface area (Å²) in [7, 11) is 0. The van der Waals surface area contributed by atoms with Crippen molar-refractivity contribution in [3.8, 4) is 0 Å². The number of piperidine rings is 1. The van der Waals surface area contributed by atoms with Gasteiger partial charge in [0.1, 0.15) is 11.5 Å². The SMILES string of the molecule is CC1CCCN(C(=O)/C(=C/c2cccc(F)c2)NC(=O)c2ccccc2Br)C1. The number of halogens is 2. The van der Waals surface area contributed by atoms with Crippen molar-refractivity contribution in [1.29, 1.82) is 0 Å². The first kappa shape index (κ1) is 20.3. The molecule has 146 valence electrons. The summed E-state index contributed by atoms with van der Waals surface area (Å²) in [5.41, 5.74) is 1.08. The molecular formula is C22H22BrFN2O2. The largest absolute Gasteiger partial charge is 0.337 e. The minimum Gasteiger partial charge on any atom is -0.337 e. The van der Waals surface area contributed by atoms with Crippen molar-refractivity contribution < 1.29 is 14.0 Å². The predicted molar refractivity (Wildman–Crippen MR) is 111 cm³/mol. The summed E-state index contributed by atoms with van der Waals surface area (Å²) >= 11 is 3.36. The van der Waals surface area contributed by atoms with Crippen LogP contribution in [0, 0.1) is 11.7 Å². The molecule has 2 aromatic carbocycles. The molecule has 1 atom stereocenters. The molecule has 28 heavy (non-hydrogen) atoms. The van der Waals surface area contributed by atoms with Crippen LogP contribution in [0.4, 0.5) is 4.39 Å². The number of nitrogens with zero attached hydrogens (tertiary/aromatic N) is 1. The van der Waals surface area contributed by atoms with Crippen molar-refractivity contribution in [2.45, 2.75) is 19.8 Å². The Morgan fingerprint density at radius 3 is 2.71 bits per heavy atom. The Hall–Kier alpha value is -2.47. The lowest BCUT2D eigenvalue weighted by molar-refractivity contribution is -0.129. The molecule has 0 radical (unpaired) electrons. The molecule has 2 amide bonds. The summed E-state index contributed by atoms with van der Waals surface area (Å²) in [6.45, 7) is 3.40. The van der Waals surface area contributed by atoms with Gasteiger partial charge in [0, 0.05) is 17.6 Å². The first-order valence-corrected chi connectivity index (χ1v) is 10.1. The van der Waals surface area contributed by atoms with Gasteiger partial charge in [-0.05, 0) is 70.6 Å². The number of nitrogens with one attached hydrogen (secondary N) is 1. The van der Waals surface area contributed by atoms with E-state index in [0.717, 1.165) is 12.8 Å². The summed E-state index contributed by atoms with van der Waals surface area (Å²) in [4.78, 5) is 27.6. The average Bonchev–Trinajstić information content (AvgIpc) is 2.67. The van der Waals surface area contributed by atoms with E-state index < -0.39 is 11.7 Å². The van der Waals surface area contributed by atoms with Gasteiger partial charge >= 0.3 is 0 Å². The Morgan fingerprint density at radius 1 is 1.21 bits per heavy atom. The molecule has 1 aliphatic rings. The van der Waals surface area contributed by atoms with Crippen molar-refractivity contribution in [1.82, 2.24) is 10.2 Å². The van der Waals surface area contributed by atoms with Gasteiger partial charge in [-0.2, -0.15) is 0 Å². The topological polar surface area (TPSA) is 49.4 Å². The number of rotatable bonds is 4. The molecule has 1 unspecified atom stereocenters. The van der Waals surface area contributed by atoms with E-state index in [1.165, 1.54) is 18.2 Å². The highest BCUT2D eigenvalue weighted by atomic mass is 79.9. The highest BCUT2D eigenvalue weighted by molar-refractivity contribution is 9.10. The molecule has 0 bridgehead atoms. The molecule has 1 fully saturated rings. The van der Waals surface area contributed by atoms with Crippen LogP contribution in [0.1, 0.15) is 35.7 Å². The van der Waals surface area contributed by atoms with Gasteiger partial charge in [0.15, 0.2) is 0 Å². The summed E-state index contributed by atoms with van der Waals surface area (Å²) in [6.07, 6.45) is 3.54. The molecule has 1 saturated heterocycles. The van der Waals surface area contributed by atoms with Crippen molar-refractivity contribution in [3.05, 3.63) is 75.6 Å². The van der Waals surface area contributed by atoms with Gasteiger partial charge in [0.2, 0.25) is 0 Å². The number of hydrogen-bond donors (Lipinski definition) is 1. The highest BCUT2D eigenvalue weighted by Crippen LogP contribution is 2.20. The van der Waals surface area contributed by atoms with Crippen LogP contribution in [0.15, 0.2) is 58.7 Å². The number of likely N-dealkylation sites (tertiary alicyclic amines) is 1. The maximum atomic E-state index is 13.6.